The number of para-hydroxylation sites is 4. The average Bonchev–Trinajstić information content (AvgIpc) is 3.94. The molecule has 0 fully saturated rings. The van der Waals surface area contributed by atoms with E-state index in [-0.39, 0.29) is 23.4 Å². The highest BCUT2D eigenvalue weighted by Crippen LogP contribution is 2.52. The molecule has 3 aliphatic rings. The molecule has 12 rings (SSSR count). The Morgan fingerprint density at radius 2 is 1.39 bits per heavy atom. The van der Waals surface area contributed by atoms with Crippen LogP contribution in [0.5, 0.6) is 5.75 Å². The number of fused-ring (bicyclic) bond motifs is 12. The molecule has 0 radical (unpaired) electrons. The van der Waals surface area contributed by atoms with Gasteiger partial charge in [-0.05, 0) is 82.3 Å². The highest BCUT2D eigenvalue weighted by atomic mass is 16.5. The second kappa shape index (κ2) is 10.9. The maximum Gasteiger partial charge on any atom is 0.143 e. The zero-order valence-corrected chi connectivity index (χ0v) is 30.2. The lowest BCUT2D eigenvalue weighted by molar-refractivity contribution is 0.179. The summed E-state index contributed by atoms with van der Waals surface area (Å²) in [5.74, 6) is 1.41. The van der Waals surface area contributed by atoms with Gasteiger partial charge < -0.3 is 13.7 Å². The van der Waals surface area contributed by atoms with Crippen molar-refractivity contribution in [3.63, 3.8) is 0 Å². The van der Waals surface area contributed by atoms with Crippen LogP contribution in [0.2, 0.25) is 0 Å². The SMILES string of the molecule is CC1(C)c2ccccc2-c2cc3c4ccccc4n(-c4cc(-c5cccc6c5oc5ccccc56)cc(C5CC=CC6c7ccccc7OC65)c4)c3cc21. The van der Waals surface area contributed by atoms with E-state index in [0.717, 1.165) is 50.9 Å². The molecule has 3 unspecified atom stereocenters. The average molecular weight is 696 g/mol. The molecule has 3 nitrogen and oxygen atoms in total. The number of ether oxygens (including phenoxy) is 1. The summed E-state index contributed by atoms with van der Waals surface area (Å²) < 4.78 is 16.0. The second-order valence-corrected chi connectivity index (χ2v) is 15.9. The summed E-state index contributed by atoms with van der Waals surface area (Å²) in [7, 11) is 0. The third-order valence-electron chi connectivity index (χ3n) is 12.7. The van der Waals surface area contributed by atoms with Crippen molar-refractivity contribution in [3.05, 3.63) is 180 Å². The third kappa shape index (κ3) is 4.07. The predicted molar refractivity (Wildman–Crippen MR) is 221 cm³/mol. The Morgan fingerprint density at radius 1 is 0.611 bits per heavy atom. The first-order valence-corrected chi connectivity index (χ1v) is 19.2. The molecule has 2 aromatic heterocycles. The fourth-order valence-corrected chi connectivity index (χ4v) is 10.2. The van der Waals surface area contributed by atoms with E-state index in [1.807, 2.05) is 0 Å². The maximum atomic E-state index is 6.83. The molecule has 54 heavy (non-hydrogen) atoms. The summed E-state index contributed by atoms with van der Waals surface area (Å²) in [6.07, 6.45) is 5.67. The molecule has 2 aliphatic carbocycles. The Balaban J connectivity index is 1.13. The molecule has 0 bridgehead atoms. The fraction of sp³-hybridized carbons (Fsp3) is 0.137. The summed E-state index contributed by atoms with van der Waals surface area (Å²) in [5, 5.41) is 4.82. The lowest BCUT2D eigenvalue weighted by Crippen LogP contribution is -2.28. The number of benzene rings is 7. The first-order valence-electron chi connectivity index (χ1n) is 19.2. The number of furan rings is 1. The normalized spacial score (nSPS) is 19.3. The number of rotatable bonds is 3. The van der Waals surface area contributed by atoms with E-state index in [1.54, 1.807) is 0 Å². The van der Waals surface area contributed by atoms with Crippen LogP contribution in [0.15, 0.2) is 162 Å². The van der Waals surface area contributed by atoms with E-state index in [4.69, 9.17) is 9.15 Å². The van der Waals surface area contributed by atoms with Crippen LogP contribution in [0.25, 0.3) is 71.7 Å². The minimum Gasteiger partial charge on any atom is -0.489 e. The van der Waals surface area contributed by atoms with E-state index in [0.29, 0.717) is 0 Å². The molecular weight excluding hydrogens is 659 g/mol. The summed E-state index contributed by atoms with van der Waals surface area (Å²) >= 11 is 0. The molecular formula is C51H37NO2. The van der Waals surface area contributed by atoms with Gasteiger partial charge in [-0.1, -0.05) is 129 Å². The smallest absolute Gasteiger partial charge is 0.143 e. The van der Waals surface area contributed by atoms with Crippen LogP contribution in [0.1, 0.15) is 54.4 Å². The van der Waals surface area contributed by atoms with Gasteiger partial charge in [-0.3, -0.25) is 0 Å². The van der Waals surface area contributed by atoms with E-state index in [2.05, 4.69) is 176 Å². The molecule has 3 atom stereocenters. The maximum absolute atomic E-state index is 6.83. The van der Waals surface area contributed by atoms with Gasteiger partial charge in [-0.25, -0.2) is 0 Å². The molecule has 7 aromatic carbocycles. The third-order valence-corrected chi connectivity index (χ3v) is 12.7. The topological polar surface area (TPSA) is 27.3 Å². The van der Waals surface area contributed by atoms with Crippen LogP contribution in [0.4, 0.5) is 0 Å². The van der Waals surface area contributed by atoms with Crippen LogP contribution < -0.4 is 4.74 Å². The monoisotopic (exact) mass is 695 g/mol. The Hall–Kier alpha value is -6.32. The van der Waals surface area contributed by atoms with E-state index < -0.39 is 0 Å². The zero-order valence-electron chi connectivity index (χ0n) is 30.2. The van der Waals surface area contributed by atoms with Crippen molar-refractivity contribution >= 4 is 43.7 Å². The largest absolute Gasteiger partial charge is 0.489 e. The molecule has 1 aliphatic heterocycles. The van der Waals surface area contributed by atoms with Gasteiger partial charge in [-0.15, -0.1) is 0 Å². The number of hydrogen-bond acceptors (Lipinski definition) is 2. The molecule has 3 heterocycles. The van der Waals surface area contributed by atoms with Crippen molar-refractivity contribution in [2.75, 3.05) is 0 Å². The zero-order chi connectivity index (χ0) is 35.7. The quantitative estimate of drug-likeness (QED) is 0.172. The Kier molecular flexibility index (Phi) is 6.07. The summed E-state index contributed by atoms with van der Waals surface area (Å²) in [5.41, 5.74) is 15.6. The van der Waals surface area contributed by atoms with Gasteiger partial charge in [0.05, 0.1) is 11.0 Å². The first kappa shape index (κ1) is 30.2. The summed E-state index contributed by atoms with van der Waals surface area (Å²) in [6.45, 7) is 4.74. The highest BCUT2D eigenvalue weighted by Gasteiger charge is 2.41. The Labute approximate surface area is 313 Å². The summed E-state index contributed by atoms with van der Waals surface area (Å²) in [6, 6.07) is 53.5. The number of nitrogens with zero attached hydrogens (tertiary/aromatic N) is 1. The minimum absolute atomic E-state index is 0.0261. The van der Waals surface area contributed by atoms with E-state index in [1.165, 1.54) is 55.2 Å². The van der Waals surface area contributed by atoms with Gasteiger partial charge in [0, 0.05) is 55.6 Å². The lowest BCUT2D eigenvalue weighted by Gasteiger charge is -2.30. The van der Waals surface area contributed by atoms with Gasteiger partial charge in [0.15, 0.2) is 0 Å². The molecule has 0 amide bonds. The van der Waals surface area contributed by atoms with Gasteiger partial charge >= 0.3 is 0 Å². The number of aromatic nitrogens is 1. The van der Waals surface area contributed by atoms with Crippen LogP contribution in [-0.2, 0) is 5.41 Å². The van der Waals surface area contributed by atoms with E-state index in [9.17, 15) is 0 Å². The van der Waals surface area contributed by atoms with Crippen LogP contribution in [0.3, 0.4) is 0 Å². The minimum atomic E-state index is -0.108. The van der Waals surface area contributed by atoms with Crippen molar-refractivity contribution in [3.8, 4) is 33.7 Å². The first-order chi connectivity index (χ1) is 26.5. The van der Waals surface area contributed by atoms with Crippen LogP contribution >= 0.6 is 0 Å². The number of hydrogen-bond donors (Lipinski definition) is 0. The fourth-order valence-electron chi connectivity index (χ4n) is 10.2. The highest BCUT2D eigenvalue weighted by molar-refractivity contribution is 6.12. The van der Waals surface area contributed by atoms with Crippen molar-refractivity contribution in [1.29, 1.82) is 0 Å². The second-order valence-electron chi connectivity index (χ2n) is 15.9. The van der Waals surface area contributed by atoms with Gasteiger partial charge in [0.25, 0.3) is 0 Å². The Morgan fingerprint density at radius 3 is 2.33 bits per heavy atom. The Bertz CT molecular complexity index is 3060. The van der Waals surface area contributed by atoms with Crippen molar-refractivity contribution < 1.29 is 9.15 Å². The summed E-state index contributed by atoms with van der Waals surface area (Å²) in [4.78, 5) is 0. The van der Waals surface area contributed by atoms with Crippen molar-refractivity contribution in [2.45, 2.75) is 43.6 Å². The molecule has 0 saturated heterocycles. The van der Waals surface area contributed by atoms with Crippen LogP contribution in [0, 0.1) is 0 Å². The van der Waals surface area contributed by atoms with Gasteiger partial charge in [-0.2, -0.15) is 0 Å². The van der Waals surface area contributed by atoms with Gasteiger partial charge in [0.2, 0.25) is 0 Å². The molecule has 9 aromatic rings. The van der Waals surface area contributed by atoms with Crippen molar-refractivity contribution in [1.82, 2.24) is 4.57 Å². The van der Waals surface area contributed by atoms with Gasteiger partial charge in [0.1, 0.15) is 23.0 Å². The molecule has 0 saturated carbocycles. The lowest BCUT2D eigenvalue weighted by atomic mass is 9.77. The molecule has 258 valence electrons. The number of allylic oxidation sites excluding steroid dienone is 1. The van der Waals surface area contributed by atoms with Crippen molar-refractivity contribution in [2.24, 2.45) is 0 Å². The molecule has 3 heteroatoms. The van der Waals surface area contributed by atoms with E-state index >= 15 is 0 Å². The molecule has 0 spiro atoms. The standard InChI is InChI=1S/C51H37NO2/c1-51(2)43-21-7-3-13-35(43)41-28-42-36-14-4-8-22-45(36)52(46(42)29-44(41)51)32-26-30(33-17-11-19-39-37-15-5-9-23-47(37)53-49(33)39)25-31(27-32)34-18-12-20-40-38-16-6-10-24-48(38)54-50(34)40/h3-17,19-29,34,40,50H,18H2,1-2H3. The van der Waals surface area contributed by atoms with Crippen LogP contribution in [-0.4, -0.2) is 10.7 Å². The predicted octanol–water partition coefficient (Wildman–Crippen LogP) is 13.2. The molecule has 0 N–H and O–H groups in total.